The van der Waals surface area contributed by atoms with Gasteiger partial charge in [-0.15, -0.1) is 0 Å². The van der Waals surface area contributed by atoms with Gasteiger partial charge in [-0.05, 0) is 19.3 Å². The highest BCUT2D eigenvalue weighted by atomic mass is 16.5. The van der Waals surface area contributed by atoms with Gasteiger partial charge in [0.05, 0.1) is 45.4 Å². The number of carbonyl (C=O) groups is 4. The number of aliphatic carboxylic acids is 1. The second-order valence-corrected chi connectivity index (χ2v) is 10.5. The fraction of sp³-hybridized carbons (Fsp3) is 0.806. The summed E-state index contributed by atoms with van der Waals surface area (Å²) in [6.07, 6.45) is 13.0. The Hall–Kier alpha value is -2.74. The van der Waals surface area contributed by atoms with Crippen molar-refractivity contribution in [3.8, 4) is 0 Å². The summed E-state index contributed by atoms with van der Waals surface area (Å²) >= 11 is 0. The van der Waals surface area contributed by atoms with Crippen LogP contribution >= 0.6 is 0 Å². The zero-order valence-electron chi connectivity index (χ0n) is 26.7. The van der Waals surface area contributed by atoms with Gasteiger partial charge in [-0.3, -0.25) is 14.4 Å². The van der Waals surface area contributed by atoms with Crippen molar-refractivity contribution in [3.63, 3.8) is 0 Å². The minimum absolute atomic E-state index is 0.0362. The van der Waals surface area contributed by atoms with Crippen LogP contribution in [-0.4, -0.2) is 106 Å². The third kappa shape index (κ3) is 29.3. The van der Waals surface area contributed by atoms with E-state index in [0.717, 1.165) is 32.1 Å². The highest BCUT2D eigenvalue weighted by Gasteiger charge is 2.17. The first kappa shape index (κ1) is 41.3. The molecular weight excluding hydrogens is 574 g/mol. The van der Waals surface area contributed by atoms with Crippen LogP contribution in [0.15, 0.2) is 12.3 Å². The molecule has 0 rings (SSSR count). The van der Waals surface area contributed by atoms with E-state index in [0.29, 0.717) is 39.1 Å². The molecular formula is C31H57N3O10. The first-order valence-corrected chi connectivity index (χ1v) is 16.0. The summed E-state index contributed by atoms with van der Waals surface area (Å²) in [6.45, 7) is 7.13. The van der Waals surface area contributed by atoms with Gasteiger partial charge in [0, 0.05) is 25.9 Å². The summed E-state index contributed by atoms with van der Waals surface area (Å²) < 4.78 is 21.1. The van der Waals surface area contributed by atoms with Crippen LogP contribution in [0.1, 0.15) is 90.4 Å². The predicted octanol–water partition coefficient (Wildman–Crippen LogP) is 3.02. The fourth-order valence-corrected chi connectivity index (χ4v) is 4.04. The zero-order chi connectivity index (χ0) is 32.7. The summed E-state index contributed by atoms with van der Waals surface area (Å²) in [5, 5.41) is 25.8. The van der Waals surface area contributed by atoms with Crippen molar-refractivity contribution in [3.05, 3.63) is 12.3 Å². The lowest BCUT2D eigenvalue weighted by Crippen LogP contribution is -2.42. The molecule has 0 saturated carbocycles. The number of hydrogen-bond acceptors (Lipinski definition) is 9. The van der Waals surface area contributed by atoms with Gasteiger partial charge in [-0.1, -0.05) is 64.9 Å². The Kier molecular flexibility index (Phi) is 28.4. The van der Waals surface area contributed by atoms with E-state index in [4.69, 9.17) is 29.2 Å². The molecule has 0 aliphatic heterocycles. The molecule has 13 nitrogen and oxygen atoms in total. The van der Waals surface area contributed by atoms with Crippen molar-refractivity contribution in [2.75, 3.05) is 65.9 Å². The van der Waals surface area contributed by atoms with Gasteiger partial charge in [-0.2, -0.15) is 0 Å². The maximum atomic E-state index is 11.9. The molecule has 3 amide bonds. The van der Waals surface area contributed by atoms with Crippen molar-refractivity contribution in [2.45, 2.75) is 96.4 Å². The van der Waals surface area contributed by atoms with E-state index in [-0.39, 0.29) is 63.6 Å². The molecule has 0 heterocycles. The summed E-state index contributed by atoms with van der Waals surface area (Å²) in [4.78, 5) is 46.1. The van der Waals surface area contributed by atoms with E-state index in [1.54, 1.807) is 6.92 Å². The molecule has 0 saturated heterocycles. The first-order valence-electron chi connectivity index (χ1n) is 16.0. The molecule has 1 atom stereocenters. The Morgan fingerprint density at radius 2 is 1.02 bits per heavy atom. The summed E-state index contributed by atoms with van der Waals surface area (Å²) in [5.74, 6) is -1.56. The molecule has 0 aromatic rings. The third-order valence-corrected chi connectivity index (χ3v) is 6.51. The minimum atomic E-state index is -1.09. The van der Waals surface area contributed by atoms with E-state index >= 15 is 0 Å². The average Bonchev–Trinajstić information content (AvgIpc) is 2.98. The molecule has 0 aromatic carbocycles. The smallest absolute Gasteiger partial charge is 0.326 e. The van der Waals surface area contributed by atoms with Gasteiger partial charge in [0.2, 0.25) is 17.7 Å². The molecule has 13 heteroatoms. The van der Waals surface area contributed by atoms with E-state index < -0.39 is 17.9 Å². The molecule has 0 fully saturated rings. The summed E-state index contributed by atoms with van der Waals surface area (Å²) in [6, 6.07) is -0.930. The predicted molar refractivity (Wildman–Crippen MR) is 166 cm³/mol. The van der Waals surface area contributed by atoms with Crippen LogP contribution in [0.3, 0.4) is 0 Å². The number of carbonyl (C=O) groups excluding carboxylic acids is 3. The molecule has 0 radical (unpaired) electrons. The highest BCUT2D eigenvalue weighted by Crippen LogP contribution is 2.12. The number of carboxylic acid groups (broad SMARTS) is 1. The largest absolute Gasteiger partial charge is 0.513 e. The standard InChI is InChI=1S/C31H57N3O10/c1-3-27(31(39)40)34-30(38)25-44-23-21-42-19-17-33-29(37)24-43-22-20-41-18-16-32-28(36)15-13-11-9-7-5-4-6-8-10-12-14-26(2)35/h27,35H,2-25H2,1H3,(H,32,36)(H,33,37)(H,34,38)(H,39,40)/t27-/m0/s1. The van der Waals surface area contributed by atoms with Crippen LogP contribution in [0.4, 0.5) is 0 Å². The summed E-state index contributed by atoms with van der Waals surface area (Å²) in [5.41, 5.74) is 0. The fourth-order valence-electron chi connectivity index (χ4n) is 4.04. The number of aliphatic hydroxyl groups excluding tert-OH is 1. The molecule has 0 aromatic heterocycles. The quantitative estimate of drug-likeness (QED) is 0.0547. The third-order valence-electron chi connectivity index (χ3n) is 6.51. The second kappa shape index (κ2) is 30.3. The van der Waals surface area contributed by atoms with E-state index in [2.05, 4.69) is 22.5 Å². The Labute approximate surface area is 262 Å². The summed E-state index contributed by atoms with van der Waals surface area (Å²) in [7, 11) is 0. The Morgan fingerprint density at radius 3 is 1.50 bits per heavy atom. The lowest BCUT2D eigenvalue weighted by atomic mass is 10.0. The maximum absolute atomic E-state index is 11.9. The van der Waals surface area contributed by atoms with Gasteiger partial charge >= 0.3 is 5.97 Å². The number of ether oxygens (including phenoxy) is 4. The number of amides is 3. The molecule has 0 aliphatic carbocycles. The van der Waals surface area contributed by atoms with Crippen molar-refractivity contribution in [2.24, 2.45) is 0 Å². The monoisotopic (exact) mass is 631 g/mol. The maximum Gasteiger partial charge on any atom is 0.326 e. The number of aliphatic hydroxyl groups is 1. The van der Waals surface area contributed by atoms with Crippen molar-refractivity contribution < 1.29 is 48.3 Å². The Bertz CT molecular complexity index is 782. The lowest BCUT2D eigenvalue weighted by molar-refractivity contribution is -0.142. The minimum Gasteiger partial charge on any atom is -0.513 e. The van der Waals surface area contributed by atoms with Crippen LogP contribution < -0.4 is 16.0 Å². The van der Waals surface area contributed by atoms with E-state index in [1.807, 2.05) is 0 Å². The number of unbranched alkanes of at least 4 members (excludes halogenated alkanes) is 9. The number of rotatable bonds is 32. The van der Waals surface area contributed by atoms with Crippen LogP contribution in [-0.2, 0) is 38.1 Å². The molecule has 0 aliphatic rings. The number of carboxylic acids is 1. The van der Waals surface area contributed by atoms with Crippen LogP contribution in [0.2, 0.25) is 0 Å². The second-order valence-electron chi connectivity index (χ2n) is 10.5. The van der Waals surface area contributed by atoms with Crippen LogP contribution in [0.25, 0.3) is 0 Å². The number of hydrogen-bond donors (Lipinski definition) is 5. The van der Waals surface area contributed by atoms with Gasteiger partial charge in [0.25, 0.3) is 0 Å². The zero-order valence-corrected chi connectivity index (χ0v) is 26.7. The molecule has 0 bridgehead atoms. The van der Waals surface area contributed by atoms with Gasteiger partial charge in [0.15, 0.2) is 0 Å². The van der Waals surface area contributed by atoms with Crippen molar-refractivity contribution in [1.82, 2.24) is 16.0 Å². The first-order chi connectivity index (χ1) is 21.3. The van der Waals surface area contributed by atoms with Crippen LogP contribution in [0, 0.1) is 0 Å². The normalized spacial score (nSPS) is 11.6. The molecule has 0 spiro atoms. The Morgan fingerprint density at radius 1 is 0.591 bits per heavy atom. The van der Waals surface area contributed by atoms with Gasteiger partial charge in [0.1, 0.15) is 19.3 Å². The molecule has 44 heavy (non-hydrogen) atoms. The lowest BCUT2D eigenvalue weighted by Gasteiger charge is -2.12. The van der Waals surface area contributed by atoms with Gasteiger partial charge < -0.3 is 45.1 Å². The van der Waals surface area contributed by atoms with Gasteiger partial charge in [-0.25, -0.2) is 4.79 Å². The number of nitrogens with one attached hydrogen (secondary N) is 3. The van der Waals surface area contributed by atoms with E-state index in [9.17, 15) is 19.2 Å². The van der Waals surface area contributed by atoms with Crippen molar-refractivity contribution >= 4 is 23.7 Å². The van der Waals surface area contributed by atoms with E-state index in [1.165, 1.54) is 32.1 Å². The average molecular weight is 632 g/mol. The Balaban J connectivity index is 3.38. The molecule has 0 unspecified atom stereocenters. The topological polar surface area (TPSA) is 182 Å². The molecule has 5 N–H and O–H groups in total. The molecule has 256 valence electrons. The SMILES string of the molecule is C=C(O)CCCCCCCCCCCCC(=O)NCCOCCOCC(=O)NCCOCCOCC(=O)N[C@@H](CC)C(=O)O. The highest BCUT2D eigenvalue weighted by molar-refractivity contribution is 5.84. The van der Waals surface area contributed by atoms with Crippen molar-refractivity contribution in [1.29, 1.82) is 0 Å². The number of allylic oxidation sites excluding steroid dienone is 1. The van der Waals surface area contributed by atoms with Crippen LogP contribution in [0.5, 0.6) is 0 Å².